The van der Waals surface area contributed by atoms with Gasteiger partial charge in [-0.15, -0.1) is 10.2 Å². The first-order valence-electron chi connectivity index (χ1n) is 9.25. The van der Waals surface area contributed by atoms with Crippen LogP contribution in [0.1, 0.15) is 37.0 Å². The molecule has 0 bridgehead atoms. The van der Waals surface area contributed by atoms with Gasteiger partial charge in [0.2, 0.25) is 5.89 Å². The average Bonchev–Trinajstić information content (AvgIpc) is 3.33. The second-order valence-corrected chi connectivity index (χ2v) is 8.26. The molecule has 148 valence electrons. The Morgan fingerprint density at radius 1 is 1.07 bits per heavy atom. The van der Waals surface area contributed by atoms with Crippen molar-refractivity contribution in [2.75, 3.05) is 0 Å². The molecule has 2 aromatic carbocycles. The van der Waals surface area contributed by atoms with E-state index in [0.717, 1.165) is 22.2 Å². The van der Waals surface area contributed by atoms with Crippen LogP contribution in [0.5, 0.6) is 0 Å². The van der Waals surface area contributed by atoms with Gasteiger partial charge in [0.1, 0.15) is 0 Å². The lowest BCUT2D eigenvalue weighted by Crippen LogP contribution is -2.05. The standard InChI is InChI=1S/C21H20ClN5OS/c1-13(2)17-6-4-5-7-18(17)27-20(15-8-10-16(22)11-9-15)24-25-21(27)29-12-19-23-14(3)26-28-19/h4-11,13H,12H2,1-3H3. The Morgan fingerprint density at radius 2 is 1.83 bits per heavy atom. The highest BCUT2D eigenvalue weighted by Gasteiger charge is 2.20. The van der Waals surface area contributed by atoms with E-state index in [1.54, 1.807) is 6.92 Å². The third-order valence-electron chi connectivity index (χ3n) is 4.43. The van der Waals surface area contributed by atoms with Crippen LogP contribution in [0, 0.1) is 6.92 Å². The maximum absolute atomic E-state index is 6.08. The summed E-state index contributed by atoms with van der Waals surface area (Å²) < 4.78 is 7.33. The first-order valence-corrected chi connectivity index (χ1v) is 10.6. The number of hydrogen-bond acceptors (Lipinski definition) is 6. The molecule has 2 heterocycles. The van der Waals surface area contributed by atoms with Crippen LogP contribution < -0.4 is 0 Å². The molecule has 0 radical (unpaired) electrons. The largest absolute Gasteiger partial charge is 0.338 e. The van der Waals surface area contributed by atoms with E-state index in [9.17, 15) is 0 Å². The van der Waals surface area contributed by atoms with E-state index in [2.05, 4.69) is 57.0 Å². The molecule has 4 rings (SSSR count). The zero-order valence-corrected chi connectivity index (χ0v) is 17.9. The normalized spacial score (nSPS) is 11.3. The Labute approximate surface area is 178 Å². The Morgan fingerprint density at radius 3 is 2.52 bits per heavy atom. The second-order valence-electron chi connectivity index (χ2n) is 6.89. The van der Waals surface area contributed by atoms with Crippen LogP contribution in [0.25, 0.3) is 17.1 Å². The van der Waals surface area contributed by atoms with Crippen molar-refractivity contribution >= 4 is 23.4 Å². The summed E-state index contributed by atoms with van der Waals surface area (Å²) in [6.45, 7) is 6.16. The van der Waals surface area contributed by atoms with E-state index in [1.165, 1.54) is 17.3 Å². The van der Waals surface area contributed by atoms with Gasteiger partial charge in [0.15, 0.2) is 16.8 Å². The van der Waals surface area contributed by atoms with Crippen molar-refractivity contribution in [3.8, 4) is 17.1 Å². The molecule has 0 fully saturated rings. The molecule has 0 saturated heterocycles. The summed E-state index contributed by atoms with van der Waals surface area (Å²) in [5.41, 5.74) is 3.22. The van der Waals surface area contributed by atoms with E-state index in [0.29, 0.717) is 28.4 Å². The molecular formula is C21H20ClN5OS. The molecule has 0 aliphatic heterocycles. The molecule has 0 spiro atoms. The van der Waals surface area contributed by atoms with Crippen molar-refractivity contribution in [2.45, 2.75) is 37.6 Å². The summed E-state index contributed by atoms with van der Waals surface area (Å²) in [5, 5.41) is 14.3. The first kappa shape index (κ1) is 19.7. The number of nitrogens with zero attached hydrogens (tertiary/aromatic N) is 5. The lowest BCUT2D eigenvalue weighted by atomic mass is 10.0. The first-order chi connectivity index (χ1) is 14.0. The summed E-state index contributed by atoms with van der Waals surface area (Å²) in [6.07, 6.45) is 0. The highest BCUT2D eigenvalue weighted by Crippen LogP contribution is 2.33. The fraction of sp³-hybridized carbons (Fsp3) is 0.238. The quantitative estimate of drug-likeness (QED) is 0.369. The van der Waals surface area contributed by atoms with Gasteiger partial charge in [-0.25, -0.2) is 0 Å². The molecule has 0 N–H and O–H groups in total. The lowest BCUT2D eigenvalue weighted by molar-refractivity contribution is 0.387. The molecule has 0 amide bonds. The molecule has 4 aromatic rings. The summed E-state index contributed by atoms with van der Waals surface area (Å²) in [5.74, 6) is 2.81. The number of thioether (sulfide) groups is 1. The number of rotatable bonds is 6. The van der Waals surface area contributed by atoms with Gasteiger partial charge in [-0.05, 0) is 48.7 Å². The van der Waals surface area contributed by atoms with Crippen molar-refractivity contribution in [1.29, 1.82) is 0 Å². The summed E-state index contributed by atoms with van der Waals surface area (Å²) in [7, 11) is 0. The number of aryl methyl sites for hydroxylation is 1. The average molecular weight is 426 g/mol. The van der Waals surface area contributed by atoms with E-state index in [4.69, 9.17) is 16.1 Å². The summed E-state index contributed by atoms with van der Waals surface area (Å²) in [4.78, 5) is 4.28. The Balaban J connectivity index is 1.81. The predicted octanol–water partition coefficient (Wildman–Crippen LogP) is 5.69. The van der Waals surface area contributed by atoms with Crippen LogP contribution in [0.15, 0.2) is 58.2 Å². The highest BCUT2D eigenvalue weighted by atomic mass is 35.5. The summed E-state index contributed by atoms with van der Waals surface area (Å²) in [6, 6.07) is 16.0. The van der Waals surface area contributed by atoms with E-state index in [-0.39, 0.29) is 0 Å². The van der Waals surface area contributed by atoms with Crippen LogP contribution in [-0.2, 0) is 5.75 Å². The van der Waals surface area contributed by atoms with Crippen molar-refractivity contribution < 1.29 is 4.52 Å². The molecular weight excluding hydrogens is 406 g/mol. The van der Waals surface area contributed by atoms with Gasteiger partial charge in [-0.3, -0.25) is 4.57 Å². The van der Waals surface area contributed by atoms with Crippen molar-refractivity contribution in [1.82, 2.24) is 24.9 Å². The van der Waals surface area contributed by atoms with Crippen LogP contribution in [0.4, 0.5) is 0 Å². The third kappa shape index (κ3) is 4.21. The number of hydrogen-bond donors (Lipinski definition) is 0. The molecule has 8 heteroatoms. The molecule has 29 heavy (non-hydrogen) atoms. The van der Waals surface area contributed by atoms with Gasteiger partial charge < -0.3 is 4.52 Å². The Hall–Kier alpha value is -2.64. The van der Waals surface area contributed by atoms with Crippen LogP contribution in [0.3, 0.4) is 0 Å². The predicted molar refractivity (Wildman–Crippen MR) is 114 cm³/mol. The molecule has 0 unspecified atom stereocenters. The Kier molecular flexibility index (Phi) is 5.69. The van der Waals surface area contributed by atoms with Crippen molar-refractivity contribution in [3.05, 3.63) is 70.8 Å². The van der Waals surface area contributed by atoms with Crippen molar-refractivity contribution in [3.63, 3.8) is 0 Å². The number of para-hydroxylation sites is 1. The molecule has 0 atom stereocenters. The van der Waals surface area contributed by atoms with Crippen LogP contribution in [0.2, 0.25) is 5.02 Å². The smallest absolute Gasteiger partial charge is 0.237 e. The summed E-state index contributed by atoms with van der Waals surface area (Å²) >= 11 is 7.59. The number of halogens is 1. The van der Waals surface area contributed by atoms with Crippen LogP contribution in [-0.4, -0.2) is 24.9 Å². The molecule has 6 nitrogen and oxygen atoms in total. The van der Waals surface area contributed by atoms with E-state index in [1.807, 2.05) is 30.3 Å². The lowest BCUT2D eigenvalue weighted by Gasteiger charge is -2.16. The third-order valence-corrected chi connectivity index (χ3v) is 5.60. The minimum atomic E-state index is 0.350. The van der Waals surface area contributed by atoms with E-state index < -0.39 is 0 Å². The van der Waals surface area contributed by atoms with Crippen LogP contribution >= 0.6 is 23.4 Å². The minimum Gasteiger partial charge on any atom is -0.338 e. The van der Waals surface area contributed by atoms with Gasteiger partial charge >= 0.3 is 0 Å². The molecule has 0 aliphatic rings. The second kappa shape index (κ2) is 8.39. The SMILES string of the molecule is Cc1noc(CSc2nnc(-c3ccc(Cl)cc3)n2-c2ccccc2C(C)C)n1. The fourth-order valence-electron chi connectivity index (χ4n) is 3.07. The monoisotopic (exact) mass is 425 g/mol. The van der Waals surface area contributed by atoms with E-state index >= 15 is 0 Å². The van der Waals surface area contributed by atoms with Gasteiger partial charge in [0, 0.05) is 10.6 Å². The van der Waals surface area contributed by atoms with Gasteiger partial charge in [-0.2, -0.15) is 4.98 Å². The maximum Gasteiger partial charge on any atom is 0.237 e. The molecule has 2 aromatic heterocycles. The van der Waals surface area contributed by atoms with Gasteiger partial charge in [0.25, 0.3) is 0 Å². The zero-order chi connectivity index (χ0) is 20.4. The van der Waals surface area contributed by atoms with Gasteiger partial charge in [-0.1, -0.05) is 60.6 Å². The molecule has 0 saturated carbocycles. The van der Waals surface area contributed by atoms with Gasteiger partial charge in [0.05, 0.1) is 11.4 Å². The number of benzene rings is 2. The topological polar surface area (TPSA) is 69.6 Å². The Bertz CT molecular complexity index is 1120. The van der Waals surface area contributed by atoms with Crippen molar-refractivity contribution in [2.24, 2.45) is 0 Å². The molecule has 0 aliphatic carbocycles. The fourth-order valence-corrected chi connectivity index (χ4v) is 3.98. The zero-order valence-electron chi connectivity index (χ0n) is 16.3. The minimum absolute atomic E-state index is 0.350. The number of aromatic nitrogens is 5. The maximum atomic E-state index is 6.08. The highest BCUT2D eigenvalue weighted by molar-refractivity contribution is 7.98.